The van der Waals surface area contributed by atoms with Gasteiger partial charge in [0.05, 0.1) is 6.42 Å². The highest BCUT2D eigenvalue weighted by Gasteiger charge is 2.24. The van der Waals surface area contributed by atoms with E-state index in [0.717, 1.165) is 0 Å². The van der Waals surface area contributed by atoms with Crippen molar-refractivity contribution in [2.24, 2.45) is 0 Å². The second-order valence-corrected chi connectivity index (χ2v) is 5.11. The second kappa shape index (κ2) is 6.92. The molecule has 1 aromatic heterocycles. The highest BCUT2D eigenvalue weighted by atomic mass is 16.4. The number of rotatable bonds is 5. The van der Waals surface area contributed by atoms with Crippen LogP contribution in [0.3, 0.4) is 0 Å². The molecule has 0 bridgehead atoms. The molecule has 1 fully saturated rings. The monoisotopic (exact) mass is 293 g/mol. The number of carboxylic acids is 1. The summed E-state index contributed by atoms with van der Waals surface area (Å²) in [5, 5.41) is 11.5. The summed E-state index contributed by atoms with van der Waals surface area (Å²) in [6.45, 7) is 1.10. The maximum atomic E-state index is 11.9. The zero-order valence-corrected chi connectivity index (χ0v) is 11.7. The highest BCUT2D eigenvalue weighted by molar-refractivity contribution is 5.92. The molecule has 0 atom stereocenters. The summed E-state index contributed by atoms with van der Waals surface area (Å²) < 4.78 is 0. The fraction of sp³-hybridized carbons (Fsp3) is 0.500. The van der Waals surface area contributed by atoms with Gasteiger partial charge in [-0.15, -0.1) is 0 Å². The third kappa shape index (κ3) is 4.34. The standard InChI is InChI=1S/C14H19N3O4/c18-12(3-4-13(19)20)17-8-5-10(6-9-17)16-14(21)11-2-1-7-15-11/h1-2,7,10,15H,3-6,8-9H2,(H,16,21)(H,19,20). The van der Waals surface area contributed by atoms with E-state index in [0.29, 0.717) is 31.6 Å². The van der Waals surface area contributed by atoms with Gasteiger partial charge in [-0.05, 0) is 25.0 Å². The molecule has 3 N–H and O–H groups in total. The van der Waals surface area contributed by atoms with Gasteiger partial charge in [0.1, 0.15) is 5.69 Å². The molecule has 7 heteroatoms. The largest absolute Gasteiger partial charge is 0.481 e. The predicted octanol–water partition coefficient (Wildman–Crippen LogP) is 0.600. The minimum Gasteiger partial charge on any atom is -0.481 e. The van der Waals surface area contributed by atoms with Crippen LogP contribution in [0.25, 0.3) is 0 Å². The maximum absolute atomic E-state index is 11.9. The first-order valence-electron chi connectivity index (χ1n) is 7.00. The van der Waals surface area contributed by atoms with Crippen LogP contribution in [0.15, 0.2) is 18.3 Å². The van der Waals surface area contributed by atoms with Gasteiger partial charge in [-0.3, -0.25) is 14.4 Å². The lowest BCUT2D eigenvalue weighted by Gasteiger charge is -2.32. The van der Waals surface area contributed by atoms with E-state index in [-0.39, 0.29) is 30.7 Å². The van der Waals surface area contributed by atoms with E-state index in [4.69, 9.17) is 5.11 Å². The molecule has 1 aliphatic rings. The number of amides is 2. The number of carbonyl (C=O) groups is 3. The number of likely N-dealkylation sites (tertiary alicyclic amines) is 1. The first-order valence-corrected chi connectivity index (χ1v) is 7.00. The number of H-pyrrole nitrogens is 1. The molecule has 114 valence electrons. The van der Waals surface area contributed by atoms with Crippen LogP contribution in [-0.4, -0.2) is 51.9 Å². The second-order valence-electron chi connectivity index (χ2n) is 5.11. The van der Waals surface area contributed by atoms with Gasteiger partial charge in [-0.2, -0.15) is 0 Å². The number of hydrogen-bond donors (Lipinski definition) is 3. The van der Waals surface area contributed by atoms with Crippen LogP contribution in [-0.2, 0) is 9.59 Å². The van der Waals surface area contributed by atoms with E-state index in [1.165, 1.54) is 0 Å². The lowest BCUT2D eigenvalue weighted by atomic mass is 10.0. The van der Waals surface area contributed by atoms with Crippen molar-refractivity contribution in [2.75, 3.05) is 13.1 Å². The van der Waals surface area contributed by atoms with Crippen molar-refractivity contribution < 1.29 is 19.5 Å². The molecule has 1 aromatic rings. The zero-order valence-electron chi connectivity index (χ0n) is 11.7. The SMILES string of the molecule is O=C(O)CCC(=O)N1CCC(NC(=O)c2ccc[nH]2)CC1. The van der Waals surface area contributed by atoms with Gasteiger partial charge >= 0.3 is 5.97 Å². The normalized spacial score (nSPS) is 15.7. The molecule has 0 spiro atoms. The summed E-state index contributed by atoms with van der Waals surface area (Å²) in [5.74, 6) is -1.24. The Balaban J connectivity index is 1.74. The van der Waals surface area contributed by atoms with Crippen molar-refractivity contribution in [3.05, 3.63) is 24.0 Å². The van der Waals surface area contributed by atoms with Crippen LogP contribution in [0.1, 0.15) is 36.2 Å². The van der Waals surface area contributed by atoms with Crippen molar-refractivity contribution in [2.45, 2.75) is 31.7 Å². The van der Waals surface area contributed by atoms with Gasteiger partial charge in [-0.25, -0.2) is 0 Å². The van der Waals surface area contributed by atoms with E-state index in [1.54, 1.807) is 23.2 Å². The van der Waals surface area contributed by atoms with Crippen molar-refractivity contribution in [3.63, 3.8) is 0 Å². The minimum absolute atomic E-state index is 0.0365. The van der Waals surface area contributed by atoms with E-state index in [2.05, 4.69) is 10.3 Å². The first kappa shape index (κ1) is 15.1. The van der Waals surface area contributed by atoms with Crippen LogP contribution in [0, 0.1) is 0 Å². The van der Waals surface area contributed by atoms with Crippen LogP contribution >= 0.6 is 0 Å². The van der Waals surface area contributed by atoms with Crippen LogP contribution in [0.5, 0.6) is 0 Å². The Kier molecular flexibility index (Phi) is 4.97. The molecule has 2 heterocycles. The summed E-state index contributed by atoms with van der Waals surface area (Å²) in [6.07, 6.45) is 2.96. The molecule has 1 aliphatic heterocycles. The number of nitrogens with zero attached hydrogens (tertiary/aromatic N) is 1. The van der Waals surface area contributed by atoms with Crippen molar-refractivity contribution in [3.8, 4) is 0 Å². The Morgan fingerprint density at radius 2 is 2.00 bits per heavy atom. The van der Waals surface area contributed by atoms with E-state index in [9.17, 15) is 14.4 Å². The molecule has 2 amide bonds. The van der Waals surface area contributed by atoms with Crippen molar-refractivity contribution in [1.82, 2.24) is 15.2 Å². The zero-order chi connectivity index (χ0) is 15.2. The number of piperidine rings is 1. The van der Waals surface area contributed by atoms with E-state index >= 15 is 0 Å². The van der Waals surface area contributed by atoms with E-state index < -0.39 is 5.97 Å². The lowest BCUT2D eigenvalue weighted by molar-refractivity contribution is -0.141. The molecule has 0 radical (unpaired) electrons. The van der Waals surface area contributed by atoms with Gasteiger partial charge in [0.2, 0.25) is 5.91 Å². The molecule has 0 unspecified atom stereocenters. The smallest absolute Gasteiger partial charge is 0.303 e. The lowest BCUT2D eigenvalue weighted by Crippen LogP contribution is -2.46. The number of aromatic nitrogens is 1. The topological polar surface area (TPSA) is 102 Å². The highest BCUT2D eigenvalue weighted by Crippen LogP contribution is 2.12. The van der Waals surface area contributed by atoms with Gasteiger partial charge < -0.3 is 20.3 Å². The van der Waals surface area contributed by atoms with Gasteiger partial charge in [-0.1, -0.05) is 0 Å². The molecule has 2 rings (SSSR count). The Morgan fingerprint density at radius 3 is 2.57 bits per heavy atom. The summed E-state index contributed by atoms with van der Waals surface area (Å²) in [6, 6.07) is 3.52. The number of hydrogen-bond acceptors (Lipinski definition) is 3. The Bertz CT molecular complexity index is 504. The number of carbonyl (C=O) groups excluding carboxylic acids is 2. The average Bonchev–Trinajstić information content (AvgIpc) is 3.00. The summed E-state index contributed by atoms with van der Waals surface area (Å²) in [5.41, 5.74) is 0.523. The average molecular weight is 293 g/mol. The molecule has 0 aromatic carbocycles. The number of aromatic amines is 1. The summed E-state index contributed by atoms with van der Waals surface area (Å²) in [7, 11) is 0. The Labute approximate surface area is 122 Å². The van der Waals surface area contributed by atoms with Crippen molar-refractivity contribution in [1.29, 1.82) is 0 Å². The van der Waals surface area contributed by atoms with Gasteiger partial charge in [0.25, 0.3) is 5.91 Å². The number of aliphatic carboxylic acids is 1. The Hall–Kier alpha value is -2.31. The van der Waals surface area contributed by atoms with Gasteiger partial charge in [0, 0.05) is 31.7 Å². The summed E-state index contributed by atoms with van der Waals surface area (Å²) in [4.78, 5) is 38.6. The number of carboxylic acid groups (broad SMARTS) is 1. The van der Waals surface area contributed by atoms with Crippen LogP contribution < -0.4 is 5.32 Å². The molecule has 1 saturated heterocycles. The van der Waals surface area contributed by atoms with Crippen LogP contribution in [0.4, 0.5) is 0 Å². The third-order valence-corrected chi connectivity index (χ3v) is 3.58. The molecular weight excluding hydrogens is 274 g/mol. The van der Waals surface area contributed by atoms with E-state index in [1.807, 2.05) is 0 Å². The third-order valence-electron chi connectivity index (χ3n) is 3.58. The molecule has 0 aliphatic carbocycles. The predicted molar refractivity (Wildman–Crippen MR) is 74.7 cm³/mol. The molecular formula is C14H19N3O4. The first-order chi connectivity index (χ1) is 10.1. The molecule has 7 nitrogen and oxygen atoms in total. The molecule has 0 saturated carbocycles. The summed E-state index contributed by atoms with van der Waals surface area (Å²) >= 11 is 0. The number of nitrogens with one attached hydrogen (secondary N) is 2. The Morgan fingerprint density at radius 1 is 1.29 bits per heavy atom. The quantitative estimate of drug-likeness (QED) is 0.739. The minimum atomic E-state index is -0.962. The van der Waals surface area contributed by atoms with Crippen LogP contribution in [0.2, 0.25) is 0 Å². The fourth-order valence-corrected chi connectivity index (χ4v) is 2.38. The molecule has 21 heavy (non-hydrogen) atoms. The van der Waals surface area contributed by atoms with Crippen molar-refractivity contribution >= 4 is 17.8 Å². The fourth-order valence-electron chi connectivity index (χ4n) is 2.38. The van der Waals surface area contributed by atoms with Gasteiger partial charge in [0.15, 0.2) is 0 Å². The maximum Gasteiger partial charge on any atom is 0.303 e.